The fraction of sp³-hybridized carbons (Fsp3) is 1.00. The van der Waals surface area contributed by atoms with Gasteiger partial charge < -0.3 is 4.74 Å². The Morgan fingerprint density at radius 3 is 1.21 bits per heavy atom. The Morgan fingerprint density at radius 2 is 0.853 bits per heavy atom. The summed E-state index contributed by atoms with van der Waals surface area (Å²) in [5, 5.41) is 10.3. The molecule has 0 aliphatic rings. The van der Waals surface area contributed by atoms with Gasteiger partial charge in [0.2, 0.25) is 20.0 Å². The van der Waals surface area contributed by atoms with Crippen molar-refractivity contribution in [2.75, 3.05) is 24.7 Å². The highest BCUT2D eigenvalue weighted by Crippen LogP contribution is 2.38. The molecule has 0 fully saturated rings. The van der Waals surface area contributed by atoms with Crippen LogP contribution in [0.4, 0.5) is 0 Å². The molecule has 0 rings (SSSR count). The molecule has 0 aromatic heterocycles. The highest BCUT2D eigenvalue weighted by molar-refractivity contribution is 7.89. The molecule has 0 aliphatic heterocycles. The molecule has 0 unspecified atom stereocenters. The van der Waals surface area contributed by atoms with E-state index in [0.717, 1.165) is 96.7 Å². The molecule has 0 amide bonds. The Balaban J connectivity index is 4.10. The predicted octanol–water partition coefficient (Wildman–Crippen LogP) is 5.48. The van der Waals surface area contributed by atoms with Crippen molar-refractivity contribution in [3.63, 3.8) is 0 Å². The molecule has 0 spiro atoms. The van der Waals surface area contributed by atoms with Gasteiger partial charge in [-0.05, 0) is 62.2 Å². The predicted molar refractivity (Wildman–Crippen MR) is 144 cm³/mol. The number of hydrogen-bond acceptors (Lipinski definition) is 5. The number of rotatable bonds is 23. The Morgan fingerprint density at radius 1 is 0.529 bits per heavy atom. The van der Waals surface area contributed by atoms with Gasteiger partial charge >= 0.3 is 0 Å². The molecule has 7 nitrogen and oxygen atoms in total. The van der Waals surface area contributed by atoms with Crippen LogP contribution in [0.15, 0.2) is 0 Å². The topological polar surface area (TPSA) is 130 Å². The average molecular weight is 527 g/mol. The molecule has 0 saturated heterocycles. The van der Waals surface area contributed by atoms with Crippen molar-refractivity contribution in [2.24, 2.45) is 21.1 Å². The second-order valence-corrected chi connectivity index (χ2v) is 13.7. The van der Waals surface area contributed by atoms with Gasteiger partial charge in [0.25, 0.3) is 0 Å². The van der Waals surface area contributed by atoms with E-state index in [2.05, 4.69) is 27.7 Å². The van der Waals surface area contributed by atoms with E-state index in [9.17, 15) is 16.8 Å². The minimum absolute atomic E-state index is 0.0742. The van der Waals surface area contributed by atoms with Crippen LogP contribution in [0.5, 0.6) is 0 Å². The van der Waals surface area contributed by atoms with Crippen LogP contribution in [-0.4, -0.2) is 41.6 Å². The zero-order valence-corrected chi connectivity index (χ0v) is 24.1. The van der Waals surface area contributed by atoms with Crippen molar-refractivity contribution in [1.82, 2.24) is 0 Å². The summed E-state index contributed by atoms with van der Waals surface area (Å²) >= 11 is 0. The lowest BCUT2D eigenvalue weighted by Gasteiger charge is -2.32. The maximum absolute atomic E-state index is 11.2. The summed E-state index contributed by atoms with van der Waals surface area (Å²) < 4.78 is 50.6. The summed E-state index contributed by atoms with van der Waals surface area (Å²) in [7, 11) is -6.73. The largest absolute Gasteiger partial charge is 0.381 e. The molecule has 0 aliphatic carbocycles. The van der Waals surface area contributed by atoms with Crippen LogP contribution in [0.3, 0.4) is 0 Å². The third kappa shape index (κ3) is 16.5. The quantitative estimate of drug-likeness (QED) is 0.170. The first-order chi connectivity index (χ1) is 15.9. The fourth-order valence-corrected chi connectivity index (χ4v) is 6.28. The molecule has 0 saturated carbocycles. The Kier molecular flexibility index (Phi) is 17.2. The van der Waals surface area contributed by atoms with Gasteiger partial charge in [-0.3, -0.25) is 0 Å². The van der Waals surface area contributed by atoms with Crippen LogP contribution in [-0.2, 0) is 24.8 Å². The van der Waals surface area contributed by atoms with Gasteiger partial charge in [-0.1, -0.05) is 72.6 Å². The van der Waals surface area contributed by atoms with Crippen LogP contribution in [0.1, 0.15) is 124 Å². The molecule has 34 heavy (non-hydrogen) atoms. The maximum Gasteiger partial charge on any atom is 0.209 e. The SMILES string of the molecule is CCC(CC)(CCCCOCCCCC(CC)(CC)CCCS(N)(=O)=O)CCCCS(N)(=O)=O. The Hall–Kier alpha value is -0.220. The summed E-state index contributed by atoms with van der Waals surface area (Å²) in [4.78, 5) is 0. The summed E-state index contributed by atoms with van der Waals surface area (Å²) in [5.41, 5.74) is 0.508. The van der Waals surface area contributed by atoms with Gasteiger partial charge in [0.05, 0.1) is 11.5 Å². The first-order valence-corrected chi connectivity index (χ1v) is 16.9. The minimum atomic E-state index is -3.37. The lowest BCUT2D eigenvalue weighted by molar-refractivity contribution is 0.113. The van der Waals surface area contributed by atoms with Gasteiger partial charge in [-0.25, -0.2) is 27.1 Å². The van der Waals surface area contributed by atoms with Crippen molar-refractivity contribution in [1.29, 1.82) is 0 Å². The molecular formula is C25H54N2O5S2. The summed E-state index contributed by atoms with van der Waals surface area (Å²) in [5.74, 6) is 0.155. The zero-order chi connectivity index (χ0) is 26.1. The summed E-state index contributed by atoms with van der Waals surface area (Å²) in [6.07, 6.45) is 15.1. The van der Waals surface area contributed by atoms with E-state index < -0.39 is 20.0 Å². The number of sulfonamides is 2. The number of nitrogens with two attached hydrogens (primary N) is 2. The first-order valence-electron chi connectivity index (χ1n) is 13.4. The molecule has 0 heterocycles. The van der Waals surface area contributed by atoms with Gasteiger partial charge in [0, 0.05) is 13.2 Å². The minimum Gasteiger partial charge on any atom is -0.381 e. The van der Waals surface area contributed by atoms with Crippen molar-refractivity contribution in [2.45, 2.75) is 124 Å². The van der Waals surface area contributed by atoms with E-state index in [4.69, 9.17) is 15.0 Å². The standard InChI is InChI=1S/C25H54N2O5S2/c1-5-24(6-2,18-11-14-22-33(26,28)29)16-9-12-20-32-21-13-10-17-25(7-3,8-4)19-15-23-34(27,30)31/h5-23H2,1-4H3,(H2,26,28,29)(H2,27,30,31). The molecule has 0 aromatic carbocycles. The van der Waals surface area contributed by atoms with Gasteiger partial charge in [0.15, 0.2) is 0 Å². The van der Waals surface area contributed by atoms with E-state index in [1.54, 1.807) is 0 Å². The second-order valence-electron chi connectivity index (χ2n) is 10.2. The molecular weight excluding hydrogens is 472 g/mol. The highest BCUT2D eigenvalue weighted by atomic mass is 32.2. The van der Waals surface area contributed by atoms with E-state index in [1.165, 1.54) is 0 Å². The van der Waals surface area contributed by atoms with Crippen molar-refractivity contribution in [3.8, 4) is 0 Å². The summed E-state index contributed by atoms with van der Waals surface area (Å²) in [6, 6.07) is 0. The van der Waals surface area contributed by atoms with Crippen LogP contribution in [0.25, 0.3) is 0 Å². The monoisotopic (exact) mass is 526 g/mol. The van der Waals surface area contributed by atoms with Crippen molar-refractivity contribution >= 4 is 20.0 Å². The molecule has 0 atom stereocenters. The molecule has 9 heteroatoms. The molecule has 0 bridgehead atoms. The van der Waals surface area contributed by atoms with Gasteiger partial charge in [0.1, 0.15) is 0 Å². The van der Waals surface area contributed by atoms with Gasteiger partial charge in [-0.2, -0.15) is 0 Å². The number of unbranched alkanes of at least 4 members (excludes halogenated alkanes) is 3. The van der Waals surface area contributed by atoms with Crippen LogP contribution in [0.2, 0.25) is 0 Å². The lowest BCUT2D eigenvalue weighted by Crippen LogP contribution is -2.23. The number of primary sulfonamides is 2. The molecule has 4 N–H and O–H groups in total. The van der Waals surface area contributed by atoms with Crippen LogP contribution >= 0.6 is 0 Å². The Bertz CT molecular complexity index is 716. The van der Waals surface area contributed by atoms with Crippen molar-refractivity contribution < 1.29 is 21.6 Å². The second kappa shape index (κ2) is 17.3. The van der Waals surface area contributed by atoms with Gasteiger partial charge in [-0.15, -0.1) is 0 Å². The maximum atomic E-state index is 11.2. The fourth-order valence-electron chi connectivity index (χ4n) is 5.13. The lowest BCUT2D eigenvalue weighted by atomic mass is 9.74. The number of ether oxygens (including phenoxy) is 1. The Labute approximate surface area is 211 Å². The van der Waals surface area contributed by atoms with E-state index in [0.29, 0.717) is 18.3 Å². The van der Waals surface area contributed by atoms with Crippen molar-refractivity contribution in [3.05, 3.63) is 0 Å². The molecule has 206 valence electrons. The average Bonchev–Trinajstić information content (AvgIpc) is 2.77. The van der Waals surface area contributed by atoms with E-state index in [-0.39, 0.29) is 16.9 Å². The third-order valence-corrected chi connectivity index (χ3v) is 9.73. The van der Waals surface area contributed by atoms with E-state index >= 15 is 0 Å². The van der Waals surface area contributed by atoms with E-state index in [1.807, 2.05) is 0 Å². The third-order valence-electron chi connectivity index (χ3n) is 8.01. The summed E-state index contributed by atoms with van der Waals surface area (Å²) in [6.45, 7) is 10.4. The normalized spacial score (nSPS) is 13.5. The first kappa shape index (κ1) is 33.8. The molecule has 0 radical (unpaired) electrons. The number of hydrogen-bond donors (Lipinski definition) is 2. The smallest absolute Gasteiger partial charge is 0.209 e. The highest BCUT2D eigenvalue weighted by Gasteiger charge is 2.26. The van der Waals surface area contributed by atoms with Crippen LogP contribution < -0.4 is 10.3 Å². The van der Waals surface area contributed by atoms with Crippen LogP contribution in [0, 0.1) is 10.8 Å². The zero-order valence-electron chi connectivity index (χ0n) is 22.4. The molecule has 0 aromatic rings.